The number of hydrogen-bond donors (Lipinski definition) is 1. The molecule has 7 heteroatoms. The van der Waals surface area contributed by atoms with Crippen LogP contribution in [0.5, 0.6) is 0 Å². The van der Waals surface area contributed by atoms with Gasteiger partial charge in [0.25, 0.3) is 11.7 Å². The number of rotatable bonds is 3. The second-order valence-corrected chi connectivity index (χ2v) is 5.59. The maximum atomic E-state index is 12.4. The first kappa shape index (κ1) is 14.6. The van der Waals surface area contributed by atoms with Crippen LogP contribution in [0.1, 0.15) is 10.4 Å². The van der Waals surface area contributed by atoms with Crippen molar-refractivity contribution >= 4 is 40.6 Å². The summed E-state index contributed by atoms with van der Waals surface area (Å²) in [5.41, 5.74) is 1.06. The number of fused-ring (bicyclic) bond motifs is 1. The van der Waals surface area contributed by atoms with Crippen molar-refractivity contribution in [1.29, 1.82) is 0 Å². The smallest absolute Gasteiger partial charge is 0.295 e. The Morgan fingerprint density at radius 2 is 1.91 bits per heavy atom. The lowest BCUT2D eigenvalue weighted by atomic mass is 10.1. The summed E-state index contributed by atoms with van der Waals surface area (Å²) in [6.07, 6.45) is 2.29. The van der Waals surface area contributed by atoms with E-state index < -0.39 is 11.7 Å². The van der Waals surface area contributed by atoms with Crippen LogP contribution in [0.4, 0.5) is 0 Å². The average Bonchev–Trinajstić information content (AvgIpc) is 2.96. The van der Waals surface area contributed by atoms with Crippen LogP contribution >= 0.6 is 11.6 Å². The first-order valence-corrected chi connectivity index (χ1v) is 7.27. The van der Waals surface area contributed by atoms with E-state index in [0.717, 1.165) is 11.9 Å². The highest BCUT2D eigenvalue weighted by molar-refractivity contribution is 6.45. The largest absolute Gasteiger partial charge is 0.360 e. The van der Waals surface area contributed by atoms with Crippen molar-refractivity contribution in [2.24, 2.45) is 0 Å². The maximum Gasteiger partial charge on any atom is 0.295 e. The van der Waals surface area contributed by atoms with Gasteiger partial charge in [0.2, 0.25) is 6.41 Å². The van der Waals surface area contributed by atoms with E-state index in [4.69, 9.17) is 11.6 Å². The number of aromatic amines is 1. The Kier molecular flexibility index (Phi) is 3.85. The second kappa shape index (κ2) is 5.81. The number of carbonyl (C=O) groups excluding carboxylic acids is 3. The zero-order chi connectivity index (χ0) is 15.7. The Labute approximate surface area is 131 Å². The number of H-pyrrole nitrogens is 1. The summed E-state index contributed by atoms with van der Waals surface area (Å²) in [5, 5.41) is 1.24. The molecular weight excluding hydrogens is 306 g/mol. The van der Waals surface area contributed by atoms with Gasteiger partial charge in [-0.1, -0.05) is 17.7 Å². The molecule has 0 atom stereocenters. The number of hydrogen-bond acceptors (Lipinski definition) is 3. The quantitative estimate of drug-likeness (QED) is 0.526. The number of aromatic nitrogens is 1. The molecule has 1 aliphatic heterocycles. The van der Waals surface area contributed by atoms with Crippen LogP contribution in [-0.4, -0.2) is 59.1 Å². The molecule has 0 spiro atoms. The van der Waals surface area contributed by atoms with E-state index in [1.54, 1.807) is 23.1 Å². The molecule has 1 fully saturated rings. The number of amides is 2. The SMILES string of the molecule is O=CN1CCN(C(=O)C(=O)c2c[nH]c3cc(Cl)ccc23)CC1. The summed E-state index contributed by atoms with van der Waals surface area (Å²) in [6, 6.07) is 5.11. The summed E-state index contributed by atoms with van der Waals surface area (Å²) in [6.45, 7) is 1.65. The molecule has 3 rings (SSSR count). The number of nitrogens with one attached hydrogen (secondary N) is 1. The third-order valence-electron chi connectivity index (χ3n) is 3.83. The Bertz CT molecular complexity index is 748. The minimum Gasteiger partial charge on any atom is -0.360 e. The van der Waals surface area contributed by atoms with Crippen molar-refractivity contribution in [2.45, 2.75) is 0 Å². The zero-order valence-corrected chi connectivity index (χ0v) is 12.5. The number of halogens is 1. The van der Waals surface area contributed by atoms with Crippen molar-refractivity contribution in [3.05, 3.63) is 35.0 Å². The lowest BCUT2D eigenvalue weighted by Crippen LogP contribution is -2.50. The van der Waals surface area contributed by atoms with Gasteiger partial charge in [0.05, 0.1) is 5.56 Å². The summed E-state index contributed by atoms with van der Waals surface area (Å²) in [5.74, 6) is -1.09. The third-order valence-corrected chi connectivity index (χ3v) is 4.07. The minimum absolute atomic E-state index is 0.342. The van der Waals surface area contributed by atoms with Crippen molar-refractivity contribution < 1.29 is 14.4 Å². The average molecular weight is 320 g/mol. The molecular formula is C15H14ClN3O3. The van der Waals surface area contributed by atoms with Gasteiger partial charge >= 0.3 is 0 Å². The predicted octanol–water partition coefficient (Wildman–Crippen LogP) is 1.30. The number of piperazine rings is 1. The highest BCUT2D eigenvalue weighted by atomic mass is 35.5. The van der Waals surface area contributed by atoms with Gasteiger partial charge in [-0.15, -0.1) is 0 Å². The Morgan fingerprint density at radius 1 is 1.18 bits per heavy atom. The van der Waals surface area contributed by atoms with Crippen molar-refractivity contribution in [3.8, 4) is 0 Å². The summed E-state index contributed by atoms with van der Waals surface area (Å²) >= 11 is 5.91. The highest BCUT2D eigenvalue weighted by Crippen LogP contribution is 2.23. The molecule has 1 aromatic carbocycles. The molecule has 2 amide bonds. The van der Waals surface area contributed by atoms with Crippen LogP contribution in [0.15, 0.2) is 24.4 Å². The number of Topliss-reactive ketones (excluding diaryl/α,β-unsaturated/α-hetero) is 1. The normalized spacial score (nSPS) is 15.1. The molecule has 1 N–H and O–H groups in total. The van der Waals surface area contributed by atoms with Crippen LogP contribution in [0, 0.1) is 0 Å². The topological polar surface area (TPSA) is 73.5 Å². The number of nitrogens with zero attached hydrogens (tertiary/aromatic N) is 2. The predicted molar refractivity (Wildman–Crippen MR) is 81.9 cm³/mol. The molecule has 22 heavy (non-hydrogen) atoms. The molecule has 0 aliphatic carbocycles. The van der Waals surface area contributed by atoms with E-state index in [-0.39, 0.29) is 0 Å². The van der Waals surface area contributed by atoms with Gasteiger partial charge in [0.1, 0.15) is 0 Å². The number of ketones is 1. The van der Waals surface area contributed by atoms with Gasteiger partial charge in [-0.2, -0.15) is 0 Å². The summed E-state index contributed by atoms with van der Waals surface area (Å²) in [4.78, 5) is 41.5. The zero-order valence-electron chi connectivity index (χ0n) is 11.7. The van der Waals surface area contributed by atoms with Gasteiger partial charge in [-0.3, -0.25) is 14.4 Å². The van der Waals surface area contributed by atoms with Crippen LogP contribution in [0.25, 0.3) is 10.9 Å². The van der Waals surface area contributed by atoms with Crippen LogP contribution in [0.3, 0.4) is 0 Å². The molecule has 2 aromatic rings. The molecule has 114 valence electrons. The van der Waals surface area contributed by atoms with Crippen LogP contribution in [-0.2, 0) is 9.59 Å². The van der Waals surface area contributed by atoms with Crippen molar-refractivity contribution in [2.75, 3.05) is 26.2 Å². The number of benzene rings is 1. The lowest BCUT2D eigenvalue weighted by molar-refractivity contribution is -0.131. The molecule has 2 heterocycles. The van der Waals surface area contributed by atoms with Gasteiger partial charge < -0.3 is 14.8 Å². The second-order valence-electron chi connectivity index (χ2n) is 5.15. The molecule has 0 saturated carbocycles. The summed E-state index contributed by atoms with van der Waals surface area (Å²) < 4.78 is 0. The third kappa shape index (κ3) is 2.57. The molecule has 0 radical (unpaired) electrons. The van der Waals surface area contributed by atoms with Gasteiger partial charge in [-0.25, -0.2) is 0 Å². The molecule has 0 unspecified atom stereocenters. The Morgan fingerprint density at radius 3 is 2.59 bits per heavy atom. The highest BCUT2D eigenvalue weighted by Gasteiger charge is 2.27. The van der Waals surface area contributed by atoms with E-state index in [0.29, 0.717) is 42.2 Å². The summed E-state index contributed by atoms with van der Waals surface area (Å²) in [7, 11) is 0. The van der Waals surface area contributed by atoms with Crippen molar-refractivity contribution in [1.82, 2.24) is 14.8 Å². The fourth-order valence-corrected chi connectivity index (χ4v) is 2.75. The number of carbonyl (C=O) groups is 3. The monoisotopic (exact) mass is 319 g/mol. The van der Waals surface area contributed by atoms with Gasteiger partial charge in [0.15, 0.2) is 0 Å². The lowest BCUT2D eigenvalue weighted by Gasteiger charge is -2.31. The molecule has 1 aromatic heterocycles. The van der Waals surface area contributed by atoms with E-state index in [9.17, 15) is 14.4 Å². The van der Waals surface area contributed by atoms with Gasteiger partial charge in [-0.05, 0) is 12.1 Å². The first-order valence-electron chi connectivity index (χ1n) is 6.90. The first-order chi connectivity index (χ1) is 10.6. The van der Waals surface area contributed by atoms with Crippen LogP contribution in [0.2, 0.25) is 5.02 Å². The van der Waals surface area contributed by atoms with Gasteiger partial charge in [0, 0.05) is 48.3 Å². The molecule has 0 bridgehead atoms. The fraction of sp³-hybridized carbons (Fsp3) is 0.267. The van der Waals surface area contributed by atoms with Crippen LogP contribution < -0.4 is 0 Å². The van der Waals surface area contributed by atoms with E-state index >= 15 is 0 Å². The fourth-order valence-electron chi connectivity index (χ4n) is 2.58. The Balaban J connectivity index is 1.80. The molecule has 1 saturated heterocycles. The van der Waals surface area contributed by atoms with Crippen molar-refractivity contribution in [3.63, 3.8) is 0 Å². The Hall–Kier alpha value is -2.34. The minimum atomic E-state index is -0.548. The standard InChI is InChI=1S/C15H14ClN3O3/c16-10-1-2-11-12(8-17-13(11)7-10)14(21)15(22)19-5-3-18(9-20)4-6-19/h1-2,7-9,17H,3-6H2. The molecule has 6 nitrogen and oxygen atoms in total. The van der Waals surface area contributed by atoms with E-state index in [1.165, 1.54) is 11.1 Å². The molecule has 1 aliphatic rings. The maximum absolute atomic E-state index is 12.4. The van der Waals surface area contributed by atoms with E-state index in [1.807, 2.05) is 0 Å². The van der Waals surface area contributed by atoms with E-state index in [2.05, 4.69) is 4.98 Å².